The maximum Gasteiger partial charge on any atom is 0.326 e. The molecule has 9 atom stereocenters. The molecule has 31 heteroatoms. The molecule has 0 saturated carbocycles. The van der Waals surface area contributed by atoms with Gasteiger partial charge in [0, 0.05) is 79.3 Å². The Morgan fingerprint density at radius 2 is 1.12 bits per heavy atom. The lowest BCUT2D eigenvalue weighted by molar-refractivity contribution is -0.145. The molecule has 478 valence electrons. The lowest BCUT2D eigenvalue weighted by atomic mass is 10.0. The first-order chi connectivity index (χ1) is 42.6. The first-order valence-electron chi connectivity index (χ1n) is 29.4. The second-order valence-electron chi connectivity index (χ2n) is 22.1. The smallest absolute Gasteiger partial charge is 0.326 e. The van der Waals surface area contributed by atoms with Crippen molar-refractivity contribution in [1.82, 2.24) is 67.0 Å². The van der Waals surface area contributed by atoms with Gasteiger partial charge in [0.25, 0.3) is 0 Å². The van der Waals surface area contributed by atoms with Crippen LogP contribution in [0, 0.1) is 5.41 Å². The van der Waals surface area contributed by atoms with Gasteiger partial charge in [0.1, 0.15) is 48.3 Å². The number of para-hydroxylation sites is 2. The van der Waals surface area contributed by atoms with Crippen LogP contribution in [0.1, 0.15) is 87.4 Å². The van der Waals surface area contributed by atoms with E-state index in [4.69, 9.17) is 28.3 Å². The van der Waals surface area contributed by atoms with E-state index in [2.05, 4.69) is 57.2 Å². The Balaban J connectivity index is 1.14. The zero-order valence-corrected chi connectivity index (χ0v) is 48.9. The number of carbonyl (C=O) groups is 11. The van der Waals surface area contributed by atoms with Gasteiger partial charge in [0.05, 0.1) is 30.9 Å². The maximum atomic E-state index is 15.3. The van der Waals surface area contributed by atoms with E-state index in [0.717, 1.165) is 0 Å². The summed E-state index contributed by atoms with van der Waals surface area (Å²) in [6.45, 7) is 0.491. The SMILES string of the molecule is N=C(N)NCCC[C@H](NC(=O)[C@H](CCCCN)NC(=O)[C@@H]1CCCN1C(=O)[C@H](Cc1c[nH]c2ccccc12)NC(=O)[C@H](Cc1c[nH]c2ccccc12)NC(=O)[C@H](CC(N)=O)NC(=O)[C@@H](N)CC(=O)O)C(=O)N1CCC[C@H]1C(=O)N[C@@H](Cc1c[nH]cn1)C(=O)O. The van der Waals surface area contributed by atoms with E-state index in [1.807, 2.05) is 12.1 Å². The van der Waals surface area contributed by atoms with Gasteiger partial charge in [-0.15, -0.1) is 0 Å². The number of guanidine groups is 1. The van der Waals surface area contributed by atoms with E-state index in [-0.39, 0.29) is 83.5 Å². The molecule has 9 amide bonds. The summed E-state index contributed by atoms with van der Waals surface area (Å²) in [6.07, 6.45) is 6.04. The van der Waals surface area contributed by atoms with Crippen LogP contribution in [0.15, 0.2) is 73.4 Å². The van der Waals surface area contributed by atoms with Crippen LogP contribution >= 0.6 is 0 Å². The van der Waals surface area contributed by atoms with Crippen molar-refractivity contribution in [1.29, 1.82) is 5.41 Å². The van der Waals surface area contributed by atoms with Gasteiger partial charge in [-0.2, -0.15) is 0 Å². The number of nitrogens with zero attached hydrogens (tertiary/aromatic N) is 3. The second-order valence-corrected chi connectivity index (χ2v) is 22.1. The normalized spacial score (nSPS) is 17.1. The quantitative estimate of drug-likeness (QED) is 0.0117. The van der Waals surface area contributed by atoms with Crippen molar-refractivity contribution in [2.45, 2.75) is 144 Å². The molecule has 7 rings (SSSR count). The molecule has 89 heavy (non-hydrogen) atoms. The molecule has 5 aromatic rings. The second kappa shape index (κ2) is 31.7. The highest BCUT2D eigenvalue weighted by Gasteiger charge is 2.43. The Morgan fingerprint density at radius 1 is 0.607 bits per heavy atom. The fourth-order valence-corrected chi connectivity index (χ4v) is 11.1. The van der Waals surface area contributed by atoms with Gasteiger partial charge in [-0.3, -0.25) is 53.4 Å². The predicted molar refractivity (Wildman–Crippen MR) is 321 cm³/mol. The first kappa shape index (κ1) is 66.6. The van der Waals surface area contributed by atoms with Gasteiger partial charge in [0.2, 0.25) is 53.2 Å². The number of likely N-dealkylation sites (tertiary alicyclic amines) is 2. The minimum atomic E-state index is -1.73. The highest BCUT2D eigenvalue weighted by atomic mass is 16.4. The largest absolute Gasteiger partial charge is 0.481 e. The molecule has 2 aromatic carbocycles. The summed E-state index contributed by atoms with van der Waals surface area (Å²) in [6, 6.07) is 1.69. The molecule has 21 N–H and O–H groups in total. The molecule has 0 bridgehead atoms. The number of carboxylic acid groups (broad SMARTS) is 2. The summed E-state index contributed by atoms with van der Waals surface area (Å²) in [5, 5.41) is 46.7. The van der Waals surface area contributed by atoms with Crippen LogP contribution in [0.3, 0.4) is 0 Å². The van der Waals surface area contributed by atoms with Crippen LogP contribution in [0.25, 0.3) is 21.8 Å². The number of nitrogens with two attached hydrogens (primary N) is 4. The predicted octanol–water partition coefficient (Wildman–Crippen LogP) is -2.55. The number of imidazole rings is 1. The van der Waals surface area contributed by atoms with Crippen molar-refractivity contribution in [2.24, 2.45) is 22.9 Å². The number of hydrogen-bond acceptors (Lipinski definition) is 15. The van der Waals surface area contributed by atoms with Crippen molar-refractivity contribution in [2.75, 3.05) is 26.2 Å². The zero-order valence-electron chi connectivity index (χ0n) is 48.9. The molecule has 0 radical (unpaired) electrons. The van der Waals surface area contributed by atoms with Crippen LogP contribution in [0.2, 0.25) is 0 Å². The Morgan fingerprint density at radius 3 is 1.67 bits per heavy atom. The monoisotopic (exact) mass is 1230 g/mol. The van der Waals surface area contributed by atoms with Crippen molar-refractivity contribution in [3.8, 4) is 0 Å². The maximum absolute atomic E-state index is 15.3. The number of hydrogen-bond donors (Lipinski definition) is 17. The van der Waals surface area contributed by atoms with Gasteiger partial charge in [-0.1, -0.05) is 36.4 Å². The molecule has 2 aliphatic rings. The number of nitrogens with one attached hydrogen (secondary N) is 11. The van der Waals surface area contributed by atoms with Crippen LogP contribution in [0.5, 0.6) is 0 Å². The molecule has 5 heterocycles. The summed E-state index contributed by atoms with van der Waals surface area (Å²) in [7, 11) is 0. The van der Waals surface area contributed by atoms with E-state index >= 15 is 9.59 Å². The number of aromatic amines is 3. The Bertz CT molecular complexity index is 3370. The number of H-pyrrole nitrogens is 3. The molecule has 0 aliphatic carbocycles. The summed E-state index contributed by atoms with van der Waals surface area (Å²) in [4.78, 5) is 167. The summed E-state index contributed by atoms with van der Waals surface area (Å²) in [5.41, 5.74) is 25.6. The zero-order chi connectivity index (χ0) is 64.3. The molecule has 0 unspecified atom stereocenters. The lowest BCUT2D eigenvalue weighted by Crippen LogP contribution is -2.60. The Hall–Kier alpha value is -9.91. The van der Waals surface area contributed by atoms with Crippen molar-refractivity contribution < 1.29 is 63.0 Å². The Kier molecular flexibility index (Phi) is 23.7. The summed E-state index contributed by atoms with van der Waals surface area (Å²) >= 11 is 0. The third-order valence-corrected chi connectivity index (χ3v) is 15.7. The molecule has 3 aromatic heterocycles. The molecule has 2 aliphatic heterocycles. The average molecular weight is 1240 g/mol. The number of aromatic nitrogens is 4. The average Bonchev–Trinajstić information content (AvgIpc) is 3.62. The Labute approximate surface area is 510 Å². The van der Waals surface area contributed by atoms with Crippen molar-refractivity contribution in [3.63, 3.8) is 0 Å². The van der Waals surface area contributed by atoms with E-state index in [0.29, 0.717) is 64.3 Å². The van der Waals surface area contributed by atoms with Crippen molar-refractivity contribution in [3.05, 3.63) is 90.3 Å². The molecule has 2 saturated heterocycles. The highest BCUT2D eigenvalue weighted by Crippen LogP contribution is 2.26. The number of rotatable bonds is 33. The molecular weight excluding hydrogens is 1160 g/mol. The fourth-order valence-electron chi connectivity index (χ4n) is 11.1. The van der Waals surface area contributed by atoms with E-state index in [1.54, 1.807) is 48.8 Å². The third-order valence-electron chi connectivity index (χ3n) is 15.7. The lowest BCUT2D eigenvalue weighted by Gasteiger charge is -2.32. The van der Waals surface area contributed by atoms with Crippen LogP contribution in [-0.2, 0) is 72.0 Å². The molecule has 2 fully saturated rings. The minimum absolute atomic E-state index is 0.0232. The van der Waals surface area contributed by atoms with Gasteiger partial charge < -0.3 is 95.1 Å². The van der Waals surface area contributed by atoms with Crippen LogP contribution in [0.4, 0.5) is 0 Å². The van der Waals surface area contributed by atoms with Crippen LogP contribution < -0.4 is 60.2 Å². The van der Waals surface area contributed by atoms with Gasteiger partial charge in [-0.25, -0.2) is 9.78 Å². The molecular formula is C58H78N18O13. The summed E-state index contributed by atoms with van der Waals surface area (Å²) < 4.78 is 0. The molecule has 0 spiro atoms. The first-order valence-corrected chi connectivity index (χ1v) is 29.4. The van der Waals surface area contributed by atoms with Gasteiger partial charge in [-0.05, 0) is 87.6 Å². The van der Waals surface area contributed by atoms with E-state index in [1.165, 1.54) is 22.3 Å². The van der Waals surface area contributed by atoms with Crippen LogP contribution in [-0.4, -0.2) is 192 Å². The number of unbranched alkanes of at least 4 members (excludes halogenated alkanes) is 1. The fraction of sp³-hybridized carbons (Fsp3) is 0.466. The standard InChI is InChI=1S/C58H78N18O13/c59-18-6-5-14-39(50(81)70-40(15-7-19-65-58(62)63)55(86)75-20-8-17-46(75)54(85)74-44(57(88)89)24-33-29-64-30-68-33)69-53(84)45-16-9-21-76(45)56(87)43(23-32-28-67-38-13-4-2-11-35(32)38)73-51(82)41(22-31-27-66-37-12-3-1-10-34(31)37)72-52(83)42(26-47(61)77)71-49(80)36(60)25-48(78)79/h1-4,10-13,27-30,36,39-46,66-67H,5-9,14-26,59-60H2,(H2,61,77)(H,64,68)(H,69,84)(H,70,81)(H,71,80)(H,72,83)(H,73,82)(H,74,85)(H,78,79)(H,88,89)(H4,62,63,65)/t36-,39-,40-,41-,42-,43-,44-,45-,46-/m0/s1. The topological polar surface area (TPSA) is 507 Å². The number of carboxylic acids is 2. The number of fused-ring (bicyclic) bond motifs is 2. The summed E-state index contributed by atoms with van der Waals surface area (Å²) in [5.74, 6) is -10.8. The van der Waals surface area contributed by atoms with Crippen molar-refractivity contribution >= 4 is 92.9 Å². The minimum Gasteiger partial charge on any atom is -0.481 e. The van der Waals surface area contributed by atoms with E-state index < -0.39 is 132 Å². The number of amides is 9. The van der Waals surface area contributed by atoms with Gasteiger partial charge >= 0.3 is 11.9 Å². The molecule has 31 nitrogen and oxygen atoms in total. The number of carbonyl (C=O) groups excluding carboxylic acids is 9. The number of primary amides is 1. The highest BCUT2D eigenvalue weighted by molar-refractivity contribution is 6.00. The van der Waals surface area contributed by atoms with Gasteiger partial charge in [0.15, 0.2) is 5.96 Å². The number of benzene rings is 2. The van der Waals surface area contributed by atoms with E-state index in [9.17, 15) is 53.4 Å². The number of aliphatic carboxylic acids is 2. The third kappa shape index (κ3) is 18.3.